The molecule has 0 saturated heterocycles. The third-order valence-corrected chi connectivity index (χ3v) is 5.87. The standard InChI is InChI=1S/C14H18ClNO3S/c15-13-6-5-12(7-11(13)8-17)20(18,19)16-14(9-1-2-9)10-3-4-10/h5-7,9-10,14,16-17H,1-4,8H2. The van der Waals surface area contributed by atoms with E-state index in [0.717, 1.165) is 25.7 Å². The molecule has 0 heterocycles. The highest BCUT2D eigenvalue weighted by atomic mass is 35.5. The summed E-state index contributed by atoms with van der Waals surface area (Å²) in [6.07, 6.45) is 4.47. The smallest absolute Gasteiger partial charge is 0.240 e. The first-order valence-corrected chi connectivity index (χ1v) is 8.79. The predicted octanol–water partition coefficient (Wildman–Crippen LogP) is 2.30. The van der Waals surface area contributed by atoms with Crippen molar-refractivity contribution in [2.45, 2.75) is 43.2 Å². The van der Waals surface area contributed by atoms with Gasteiger partial charge in [-0.2, -0.15) is 0 Å². The Morgan fingerprint density at radius 3 is 2.35 bits per heavy atom. The SMILES string of the molecule is O=S(=O)(NC(C1CC1)C1CC1)c1ccc(Cl)c(CO)c1. The molecule has 1 aromatic rings. The van der Waals surface area contributed by atoms with E-state index >= 15 is 0 Å². The molecule has 3 rings (SSSR count). The Hall–Kier alpha value is -0.620. The van der Waals surface area contributed by atoms with Gasteiger partial charge >= 0.3 is 0 Å². The lowest BCUT2D eigenvalue weighted by Crippen LogP contribution is -2.38. The van der Waals surface area contributed by atoms with E-state index in [1.165, 1.54) is 18.2 Å². The second-order valence-corrected chi connectivity index (χ2v) is 7.85. The number of nitrogens with one attached hydrogen (secondary N) is 1. The minimum absolute atomic E-state index is 0.0771. The van der Waals surface area contributed by atoms with E-state index < -0.39 is 10.0 Å². The van der Waals surface area contributed by atoms with Gasteiger partial charge in [0, 0.05) is 11.1 Å². The summed E-state index contributed by atoms with van der Waals surface area (Å²) in [7, 11) is -3.54. The summed E-state index contributed by atoms with van der Waals surface area (Å²) < 4.78 is 27.8. The first-order chi connectivity index (χ1) is 9.51. The summed E-state index contributed by atoms with van der Waals surface area (Å²) in [4.78, 5) is 0.178. The van der Waals surface area contributed by atoms with Gasteiger partial charge < -0.3 is 5.11 Å². The molecule has 0 unspecified atom stereocenters. The lowest BCUT2D eigenvalue weighted by Gasteiger charge is -2.18. The van der Waals surface area contributed by atoms with E-state index in [0.29, 0.717) is 22.4 Å². The highest BCUT2D eigenvalue weighted by Crippen LogP contribution is 2.45. The largest absolute Gasteiger partial charge is 0.392 e. The molecule has 2 aliphatic rings. The van der Waals surface area contributed by atoms with Gasteiger partial charge in [-0.25, -0.2) is 13.1 Å². The zero-order chi connectivity index (χ0) is 14.3. The van der Waals surface area contributed by atoms with E-state index in [4.69, 9.17) is 11.6 Å². The number of sulfonamides is 1. The summed E-state index contributed by atoms with van der Waals surface area (Å²) >= 11 is 5.90. The fourth-order valence-electron chi connectivity index (χ4n) is 2.57. The lowest BCUT2D eigenvalue weighted by molar-refractivity contribution is 0.281. The molecule has 0 amide bonds. The fraction of sp³-hybridized carbons (Fsp3) is 0.571. The molecule has 110 valence electrons. The molecular formula is C14H18ClNO3S. The van der Waals surface area contributed by atoms with Crippen molar-refractivity contribution in [3.05, 3.63) is 28.8 Å². The van der Waals surface area contributed by atoms with E-state index in [1.54, 1.807) is 0 Å². The van der Waals surface area contributed by atoms with Crippen LogP contribution < -0.4 is 4.72 Å². The molecule has 4 nitrogen and oxygen atoms in total. The molecule has 2 N–H and O–H groups in total. The molecule has 2 saturated carbocycles. The average molecular weight is 316 g/mol. The van der Waals surface area contributed by atoms with Crippen LogP contribution in [0.3, 0.4) is 0 Å². The molecule has 0 spiro atoms. The Morgan fingerprint density at radius 1 is 1.25 bits per heavy atom. The number of aliphatic hydroxyl groups is 1. The minimum Gasteiger partial charge on any atom is -0.392 e. The highest BCUT2D eigenvalue weighted by molar-refractivity contribution is 7.89. The van der Waals surface area contributed by atoms with Crippen LogP contribution in [-0.4, -0.2) is 19.6 Å². The van der Waals surface area contributed by atoms with E-state index in [-0.39, 0.29) is 17.5 Å². The van der Waals surface area contributed by atoms with Crippen LogP contribution in [0.25, 0.3) is 0 Å². The molecule has 1 aromatic carbocycles. The molecular weight excluding hydrogens is 298 g/mol. The first-order valence-electron chi connectivity index (χ1n) is 6.93. The molecule has 2 fully saturated rings. The van der Waals surface area contributed by atoms with Gasteiger partial charge in [0.2, 0.25) is 10.0 Å². The lowest BCUT2D eigenvalue weighted by atomic mass is 10.1. The highest BCUT2D eigenvalue weighted by Gasteiger charge is 2.43. The Bertz CT molecular complexity index is 597. The predicted molar refractivity (Wildman–Crippen MR) is 76.9 cm³/mol. The fourth-order valence-corrected chi connectivity index (χ4v) is 4.18. The van der Waals surface area contributed by atoms with E-state index in [2.05, 4.69) is 4.72 Å². The number of hydrogen-bond acceptors (Lipinski definition) is 3. The molecule has 20 heavy (non-hydrogen) atoms. The molecule has 0 aliphatic heterocycles. The van der Waals surface area contributed by atoms with Crippen LogP contribution in [0, 0.1) is 11.8 Å². The molecule has 0 atom stereocenters. The van der Waals surface area contributed by atoms with Crippen molar-refractivity contribution in [1.82, 2.24) is 4.72 Å². The monoisotopic (exact) mass is 315 g/mol. The Morgan fingerprint density at radius 2 is 1.85 bits per heavy atom. The van der Waals surface area contributed by atoms with Gasteiger partial charge in [0.15, 0.2) is 0 Å². The molecule has 2 aliphatic carbocycles. The Balaban J connectivity index is 1.83. The summed E-state index contributed by atoms with van der Waals surface area (Å²) in [6, 6.07) is 4.53. The third kappa shape index (κ3) is 3.01. The van der Waals surface area contributed by atoms with Gasteiger partial charge in [-0.05, 0) is 61.3 Å². The van der Waals surface area contributed by atoms with Gasteiger partial charge in [-0.3, -0.25) is 0 Å². The van der Waals surface area contributed by atoms with Crippen LogP contribution in [0.15, 0.2) is 23.1 Å². The van der Waals surface area contributed by atoms with Crippen LogP contribution in [0.5, 0.6) is 0 Å². The quantitative estimate of drug-likeness (QED) is 0.846. The first kappa shape index (κ1) is 14.3. The average Bonchev–Trinajstić information content (AvgIpc) is 3.29. The molecule has 0 bridgehead atoms. The van der Waals surface area contributed by atoms with Crippen molar-refractivity contribution in [1.29, 1.82) is 0 Å². The van der Waals surface area contributed by atoms with Gasteiger partial charge in [0.1, 0.15) is 0 Å². The Labute approximate surface area is 124 Å². The van der Waals surface area contributed by atoms with Crippen LogP contribution in [0.2, 0.25) is 5.02 Å². The van der Waals surface area contributed by atoms with Crippen molar-refractivity contribution in [2.75, 3.05) is 0 Å². The third-order valence-electron chi connectivity index (χ3n) is 4.05. The molecule has 6 heteroatoms. The number of aliphatic hydroxyl groups excluding tert-OH is 1. The zero-order valence-electron chi connectivity index (χ0n) is 11.0. The summed E-state index contributed by atoms with van der Waals surface area (Å²) in [5.41, 5.74) is 0.434. The maximum absolute atomic E-state index is 12.5. The number of hydrogen-bond donors (Lipinski definition) is 2. The van der Waals surface area contributed by atoms with Gasteiger partial charge in [-0.15, -0.1) is 0 Å². The van der Waals surface area contributed by atoms with Gasteiger partial charge in [-0.1, -0.05) is 11.6 Å². The van der Waals surface area contributed by atoms with Crippen molar-refractivity contribution in [3.63, 3.8) is 0 Å². The second-order valence-electron chi connectivity index (χ2n) is 5.73. The summed E-state index contributed by atoms with van der Waals surface area (Å²) in [5, 5.41) is 9.57. The van der Waals surface area contributed by atoms with Crippen molar-refractivity contribution >= 4 is 21.6 Å². The molecule has 0 aromatic heterocycles. The van der Waals surface area contributed by atoms with Crippen molar-refractivity contribution in [2.24, 2.45) is 11.8 Å². The van der Waals surface area contributed by atoms with Crippen LogP contribution in [-0.2, 0) is 16.6 Å². The molecule has 0 radical (unpaired) electrons. The number of benzene rings is 1. The number of rotatable bonds is 6. The summed E-state index contributed by atoms with van der Waals surface area (Å²) in [5.74, 6) is 1.00. The Kier molecular flexibility index (Phi) is 3.79. The van der Waals surface area contributed by atoms with Crippen molar-refractivity contribution in [3.8, 4) is 0 Å². The second kappa shape index (κ2) is 5.30. The van der Waals surface area contributed by atoms with E-state index in [1.807, 2.05) is 0 Å². The van der Waals surface area contributed by atoms with Crippen molar-refractivity contribution < 1.29 is 13.5 Å². The van der Waals surface area contributed by atoms with Crippen LogP contribution in [0.4, 0.5) is 0 Å². The maximum atomic E-state index is 12.5. The maximum Gasteiger partial charge on any atom is 0.240 e. The van der Waals surface area contributed by atoms with Gasteiger partial charge in [0.05, 0.1) is 11.5 Å². The zero-order valence-corrected chi connectivity index (χ0v) is 12.6. The normalized spacial score (nSPS) is 19.6. The van der Waals surface area contributed by atoms with Crippen LogP contribution >= 0.6 is 11.6 Å². The minimum atomic E-state index is -3.54. The topological polar surface area (TPSA) is 66.4 Å². The van der Waals surface area contributed by atoms with E-state index in [9.17, 15) is 13.5 Å². The summed E-state index contributed by atoms with van der Waals surface area (Å²) in [6.45, 7) is -0.267. The van der Waals surface area contributed by atoms with Gasteiger partial charge in [0.25, 0.3) is 0 Å². The van der Waals surface area contributed by atoms with Crippen LogP contribution in [0.1, 0.15) is 31.2 Å². The number of halogens is 1.